The van der Waals surface area contributed by atoms with Crippen LogP contribution >= 0.6 is 11.3 Å². The van der Waals surface area contributed by atoms with Crippen LogP contribution in [0.25, 0.3) is 16.2 Å². The Balaban J connectivity index is 1.45. The molecule has 0 spiro atoms. The van der Waals surface area contributed by atoms with E-state index in [1.165, 1.54) is 11.3 Å². The van der Waals surface area contributed by atoms with E-state index in [-0.39, 0.29) is 5.91 Å². The van der Waals surface area contributed by atoms with E-state index in [2.05, 4.69) is 25.4 Å². The molecule has 0 bridgehead atoms. The molecule has 8 heteroatoms. The third-order valence-corrected chi connectivity index (χ3v) is 4.54. The Hall–Kier alpha value is -3.13. The summed E-state index contributed by atoms with van der Waals surface area (Å²) in [7, 11) is 0. The highest BCUT2D eigenvalue weighted by Crippen LogP contribution is 2.26. The summed E-state index contributed by atoms with van der Waals surface area (Å²) in [5.41, 5.74) is 3.03. The molecule has 0 unspecified atom stereocenters. The van der Waals surface area contributed by atoms with Gasteiger partial charge in [-0.15, -0.1) is 11.3 Å². The Morgan fingerprint density at radius 3 is 3.08 bits per heavy atom. The monoisotopic (exact) mass is 350 g/mol. The molecule has 0 aliphatic rings. The zero-order valence-corrected chi connectivity index (χ0v) is 14.0. The first-order valence-corrected chi connectivity index (χ1v) is 8.60. The Bertz CT molecular complexity index is 1010. The number of rotatable bonds is 5. The number of hydrogen-bond donors (Lipinski definition) is 1. The Labute approximate surface area is 147 Å². The molecule has 0 aromatic carbocycles. The first kappa shape index (κ1) is 15.4. The highest BCUT2D eigenvalue weighted by atomic mass is 32.1. The smallest absolute Gasteiger partial charge is 0.270 e. The molecular formula is C17H14N6OS. The molecule has 4 rings (SSSR count). The molecule has 0 radical (unpaired) electrons. The minimum Gasteiger partial charge on any atom is -0.350 e. The molecule has 0 saturated heterocycles. The van der Waals surface area contributed by atoms with Crippen molar-refractivity contribution in [1.29, 1.82) is 0 Å². The second kappa shape index (κ2) is 6.78. The van der Waals surface area contributed by atoms with Crippen LogP contribution in [0, 0.1) is 0 Å². The standard InChI is InChI=1S/C17H14N6OS/c24-16(20-7-4-12-3-1-5-18-9-12)14-11-25-17(22-14)13-10-21-23-8-2-6-19-15(13)23/h1-3,5-6,8-11H,4,7H2,(H,20,24). The van der Waals surface area contributed by atoms with Crippen molar-refractivity contribution in [2.45, 2.75) is 6.42 Å². The minimum absolute atomic E-state index is 0.184. The van der Waals surface area contributed by atoms with Crippen LogP contribution in [0.1, 0.15) is 16.1 Å². The van der Waals surface area contributed by atoms with Crippen LogP contribution in [0.15, 0.2) is 54.6 Å². The largest absolute Gasteiger partial charge is 0.350 e. The quantitative estimate of drug-likeness (QED) is 0.596. The lowest BCUT2D eigenvalue weighted by atomic mass is 10.2. The van der Waals surface area contributed by atoms with Crippen molar-refractivity contribution in [3.63, 3.8) is 0 Å². The van der Waals surface area contributed by atoms with Crippen LogP contribution in [0.3, 0.4) is 0 Å². The van der Waals surface area contributed by atoms with Gasteiger partial charge in [-0.3, -0.25) is 9.78 Å². The van der Waals surface area contributed by atoms with Crippen LogP contribution < -0.4 is 5.32 Å². The summed E-state index contributed by atoms with van der Waals surface area (Å²) in [6, 6.07) is 5.68. The average Bonchev–Trinajstić information content (AvgIpc) is 3.29. The summed E-state index contributed by atoms with van der Waals surface area (Å²) in [5.74, 6) is -0.184. The van der Waals surface area contributed by atoms with Gasteiger partial charge < -0.3 is 5.32 Å². The number of nitrogens with one attached hydrogen (secondary N) is 1. The van der Waals surface area contributed by atoms with E-state index in [9.17, 15) is 4.79 Å². The molecule has 7 nitrogen and oxygen atoms in total. The first-order valence-electron chi connectivity index (χ1n) is 7.72. The fraction of sp³-hybridized carbons (Fsp3) is 0.118. The first-order chi connectivity index (χ1) is 12.3. The normalized spacial score (nSPS) is 10.9. The number of nitrogens with zero attached hydrogens (tertiary/aromatic N) is 5. The van der Waals surface area contributed by atoms with Crippen molar-refractivity contribution >= 4 is 22.9 Å². The summed E-state index contributed by atoms with van der Waals surface area (Å²) in [6.07, 6.45) is 9.50. The minimum atomic E-state index is -0.184. The Kier molecular flexibility index (Phi) is 4.17. The summed E-state index contributed by atoms with van der Waals surface area (Å²) >= 11 is 1.41. The lowest BCUT2D eigenvalue weighted by molar-refractivity contribution is 0.0950. The topological polar surface area (TPSA) is 85.1 Å². The van der Waals surface area contributed by atoms with E-state index >= 15 is 0 Å². The van der Waals surface area contributed by atoms with E-state index in [4.69, 9.17) is 0 Å². The predicted molar refractivity (Wildman–Crippen MR) is 94.4 cm³/mol. The lowest BCUT2D eigenvalue weighted by Gasteiger charge is -2.02. The molecule has 0 atom stereocenters. The second-order valence-corrected chi connectivity index (χ2v) is 6.21. The van der Waals surface area contributed by atoms with E-state index in [0.717, 1.165) is 28.2 Å². The van der Waals surface area contributed by atoms with Gasteiger partial charge in [0.15, 0.2) is 5.65 Å². The molecule has 124 valence electrons. The van der Waals surface area contributed by atoms with Gasteiger partial charge in [0, 0.05) is 36.7 Å². The summed E-state index contributed by atoms with van der Waals surface area (Å²) in [4.78, 5) is 25.1. The third-order valence-electron chi connectivity index (χ3n) is 3.67. The number of thiazole rings is 1. The molecule has 4 aromatic heterocycles. The van der Waals surface area contributed by atoms with Crippen LogP contribution in [-0.2, 0) is 6.42 Å². The van der Waals surface area contributed by atoms with Crippen molar-refractivity contribution in [2.75, 3.05) is 6.54 Å². The summed E-state index contributed by atoms with van der Waals surface area (Å²) in [6.45, 7) is 0.537. The number of fused-ring (bicyclic) bond motifs is 1. The van der Waals surface area contributed by atoms with Crippen LogP contribution in [-0.4, -0.2) is 37.0 Å². The number of aromatic nitrogens is 5. The zero-order valence-electron chi connectivity index (χ0n) is 13.2. The number of carbonyl (C=O) groups is 1. The molecule has 4 aromatic rings. The Morgan fingerprint density at radius 1 is 1.24 bits per heavy atom. The highest BCUT2D eigenvalue weighted by Gasteiger charge is 2.15. The maximum absolute atomic E-state index is 12.3. The summed E-state index contributed by atoms with van der Waals surface area (Å²) < 4.78 is 1.68. The number of pyridine rings is 1. The number of carbonyl (C=O) groups excluding carboxylic acids is 1. The SMILES string of the molecule is O=C(NCCc1cccnc1)c1csc(-c2cnn3cccnc23)n1. The molecule has 0 aliphatic carbocycles. The Morgan fingerprint density at radius 2 is 2.20 bits per heavy atom. The van der Waals surface area contributed by atoms with Crippen molar-refractivity contribution in [3.8, 4) is 10.6 Å². The lowest BCUT2D eigenvalue weighted by Crippen LogP contribution is -2.25. The van der Waals surface area contributed by atoms with Crippen LogP contribution in [0.5, 0.6) is 0 Å². The van der Waals surface area contributed by atoms with Gasteiger partial charge >= 0.3 is 0 Å². The molecule has 0 saturated carbocycles. The zero-order chi connectivity index (χ0) is 17.1. The molecule has 4 heterocycles. The van der Waals surface area contributed by atoms with E-state index in [1.807, 2.05) is 24.4 Å². The van der Waals surface area contributed by atoms with Crippen molar-refractivity contribution in [1.82, 2.24) is 29.9 Å². The van der Waals surface area contributed by atoms with Crippen LogP contribution in [0.2, 0.25) is 0 Å². The van der Waals surface area contributed by atoms with Crippen molar-refractivity contribution < 1.29 is 4.79 Å². The molecular weight excluding hydrogens is 336 g/mol. The van der Waals surface area contributed by atoms with E-state index in [1.54, 1.807) is 34.7 Å². The van der Waals surface area contributed by atoms with Gasteiger partial charge in [-0.1, -0.05) is 6.07 Å². The van der Waals surface area contributed by atoms with Gasteiger partial charge in [-0.2, -0.15) is 5.10 Å². The molecule has 0 fully saturated rings. The third kappa shape index (κ3) is 3.24. The molecule has 0 aliphatic heterocycles. The van der Waals surface area contributed by atoms with Gasteiger partial charge in [0.2, 0.25) is 0 Å². The van der Waals surface area contributed by atoms with Gasteiger partial charge in [0.1, 0.15) is 10.7 Å². The highest BCUT2D eigenvalue weighted by molar-refractivity contribution is 7.13. The van der Waals surface area contributed by atoms with Gasteiger partial charge in [0.25, 0.3) is 5.91 Å². The molecule has 25 heavy (non-hydrogen) atoms. The average molecular weight is 350 g/mol. The summed E-state index contributed by atoms with van der Waals surface area (Å²) in [5, 5.41) is 9.61. The van der Waals surface area contributed by atoms with Gasteiger partial charge in [0.05, 0.1) is 11.8 Å². The van der Waals surface area contributed by atoms with Crippen molar-refractivity contribution in [2.24, 2.45) is 0 Å². The van der Waals surface area contributed by atoms with Crippen LogP contribution in [0.4, 0.5) is 0 Å². The predicted octanol–water partition coefficient (Wildman–Crippen LogP) is 2.22. The number of amides is 1. The molecule has 1 N–H and O–H groups in total. The van der Waals surface area contributed by atoms with Gasteiger partial charge in [-0.25, -0.2) is 14.5 Å². The fourth-order valence-corrected chi connectivity index (χ4v) is 3.24. The van der Waals surface area contributed by atoms with Gasteiger partial charge in [-0.05, 0) is 24.1 Å². The molecule has 1 amide bonds. The maximum atomic E-state index is 12.3. The van der Waals surface area contributed by atoms with E-state index < -0.39 is 0 Å². The fourth-order valence-electron chi connectivity index (χ4n) is 2.44. The van der Waals surface area contributed by atoms with Crippen molar-refractivity contribution in [3.05, 3.63) is 65.8 Å². The van der Waals surface area contributed by atoms with E-state index in [0.29, 0.717) is 12.2 Å². The number of hydrogen-bond acceptors (Lipinski definition) is 6. The second-order valence-electron chi connectivity index (χ2n) is 5.35. The maximum Gasteiger partial charge on any atom is 0.270 e.